The van der Waals surface area contributed by atoms with Crippen LogP contribution in [-0.2, 0) is 9.59 Å². The lowest BCUT2D eigenvalue weighted by atomic mass is 10.1. The van der Waals surface area contributed by atoms with Crippen molar-refractivity contribution in [2.75, 3.05) is 0 Å². The van der Waals surface area contributed by atoms with E-state index in [2.05, 4.69) is 29.4 Å². The van der Waals surface area contributed by atoms with Gasteiger partial charge in [0.2, 0.25) is 5.91 Å². The van der Waals surface area contributed by atoms with Gasteiger partial charge in [-0.05, 0) is 25.7 Å². The number of carbonyl (C=O) groups is 2. The van der Waals surface area contributed by atoms with E-state index in [1.807, 2.05) is 0 Å². The molecule has 0 bridgehead atoms. The molecule has 6 nitrogen and oxygen atoms in total. The van der Waals surface area contributed by atoms with E-state index in [-0.39, 0.29) is 12.3 Å². The maximum atomic E-state index is 11.6. The molecular formula is C14H23N3O3S. The highest BCUT2D eigenvalue weighted by Crippen LogP contribution is 2.22. The third-order valence-electron chi connectivity index (χ3n) is 3.06. The number of hydrogen-bond acceptors (Lipinski definition) is 5. The fourth-order valence-corrected chi connectivity index (χ4v) is 2.76. The number of thioether (sulfide) groups is 1. The van der Waals surface area contributed by atoms with Gasteiger partial charge in [0, 0.05) is 5.71 Å². The molecule has 2 N–H and O–H groups in total. The van der Waals surface area contributed by atoms with Crippen molar-refractivity contribution in [1.29, 1.82) is 0 Å². The normalized spacial score (nSPS) is 19.6. The average molecular weight is 313 g/mol. The second-order valence-corrected chi connectivity index (χ2v) is 6.16. The van der Waals surface area contributed by atoms with Crippen LogP contribution in [0.1, 0.15) is 58.8 Å². The lowest BCUT2D eigenvalue weighted by Gasteiger charge is -2.03. The predicted molar refractivity (Wildman–Crippen MR) is 85.7 cm³/mol. The Morgan fingerprint density at radius 2 is 1.90 bits per heavy atom. The number of hydrogen-bond donors (Lipinski definition) is 2. The molecule has 0 aromatic carbocycles. The number of carboxylic acids is 1. The molecular weight excluding hydrogens is 290 g/mol. The van der Waals surface area contributed by atoms with Gasteiger partial charge in [-0.2, -0.15) is 5.10 Å². The molecule has 1 aliphatic heterocycles. The molecule has 118 valence electrons. The Morgan fingerprint density at radius 1 is 1.29 bits per heavy atom. The average Bonchev–Trinajstić information content (AvgIpc) is 2.77. The second-order valence-electron chi connectivity index (χ2n) is 4.97. The maximum absolute atomic E-state index is 11.6. The number of unbranched alkanes of at least 4 members (excludes halogenated alkanes) is 2. The number of carboxylic acid groups (broad SMARTS) is 1. The molecule has 1 aliphatic rings. The first kappa shape index (κ1) is 17.7. The van der Waals surface area contributed by atoms with Crippen LogP contribution in [-0.4, -0.2) is 33.1 Å². The van der Waals surface area contributed by atoms with Crippen LogP contribution in [0, 0.1) is 0 Å². The molecule has 0 spiro atoms. The zero-order chi connectivity index (χ0) is 15.7. The molecule has 1 saturated heterocycles. The van der Waals surface area contributed by atoms with Gasteiger partial charge in [-0.3, -0.25) is 9.59 Å². The van der Waals surface area contributed by atoms with Crippen LogP contribution >= 0.6 is 11.8 Å². The summed E-state index contributed by atoms with van der Waals surface area (Å²) in [5.74, 6) is -1.29. The van der Waals surface area contributed by atoms with E-state index >= 15 is 0 Å². The summed E-state index contributed by atoms with van der Waals surface area (Å²) in [5, 5.41) is 19.4. The fourth-order valence-electron chi connectivity index (χ4n) is 1.85. The number of amidine groups is 1. The van der Waals surface area contributed by atoms with E-state index in [4.69, 9.17) is 5.11 Å². The van der Waals surface area contributed by atoms with Gasteiger partial charge < -0.3 is 10.4 Å². The second kappa shape index (κ2) is 9.55. The molecule has 1 rings (SSSR count). The minimum Gasteiger partial charge on any atom is -0.481 e. The Bertz CT molecular complexity index is 425. The van der Waals surface area contributed by atoms with Crippen LogP contribution in [0.3, 0.4) is 0 Å². The lowest BCUT2D eigenvalue weighted by molar-refractivity contribution is -0.138. The van der Waals surface area contributed by atoms with Crippen LogP contribution in [0.4, 0.5) is 0 Å². The summed E-state index contributed by atoms with van der Waals surface area (Å²) >= 11 is 1.14. The molecule has 1 amide bonds. The van der Waals surface area contributed by atoms with E-state index in [1.165, 1.54) is 0 Å². The first-order valence-corrected chi connectivity index (χ1v) is 8.27. The monoisotopic (exact) mass is 313 g/mol. The van der Waals surface area contributed by atoms with Gasteiger partial charge in [0.05, 0.1) is 6.42 Å². The van der Waals surface area contributed by atoms with Crippen molar-refractivity contribution >= 4 is 34.5 Å². The molecule has 1 atom stereocenters. The SMILES string of the molecule is CCCCC(CCCC)=N/N=C1/NC(=O)C(CC(=O)O)S1. The Labute approximate surface area is 129 Å². The highest BCUT2D eigenvalue weighted by atomic mass is 32.2. The first-order chi connectivity index (χ1) is 10.1. The van der Waals surface area contributed by atoms with Crippen LogP contribution in [0.25, 0.3) is 0 Å². The molecule has 0 aromatic rings. The van der Waals surface area contributed by atoms with Crippen LogP contribution in [0.15, 0.2) is 10.2 Å². The molecule has 1 heterocycles. The molecule has 0 radical (unpaired) electrons. The lowest BCUT2D eigenvalue weighted by Crippen LogP contribution is -2.26. The Hall–Kier alpha value is -1.37. The van der Waals surface area contributed by atoms with Gasteiger partial charge in [-0.15, -0.1) is 5.10 Å². The van der Waals surface area contributed by atoms with Gasteiger partial charge >= 0.3 is 5.97 Å². The zero-order valence-electron chi connectivity index (χ0n) is 12.6. The van der Waals surface area contributed by atoms with Crippen LogP contribution < -0.4 is 5.32 Å². The van der Waals surface area contributed by atoms with E-state index in [0.717, 1.165) is 56.0 Å². The number of nitrogens with zero attached hydrogens (tertiary/aromatic N) is 2. The topological polar surface area (TPSA) is 91.1 Å². The molecule has 1 unspecified atom stereocenters. The summed E-state index contributed by atoms with van der Waals surface area (Å²) in [7, 11) is 0. The Balaban J connectivity index is 2.64. The summed E-state index contributed by atoms with van der Waals surface area (Å²) in [5.41, 5.74) is 1.04. The Morgan fingerprint density at radius 3 is 2.43 bits per heavy atom. The number of rotatable bonds is 9. The smallest absolute Gasteiger partial charge is 0.305 e. The third kappa shape index (κ3) is 6.75. The molecule has 0 saturated carbocycles. The van der Waals surface area contributed by atoms with Crippen LogP contribution in [0.5, 0.6) is 0 Å². The van der Waals surface area contributed by atoms with Crippen molar-refractivity contribution in [2.24, 2.45) is 10.2 Å². The Kier molecular flexibility index (Phi) is 8.04. The van der Waals surface area contributed by atoms with E-state index in [9.17, 15) is 9.59 Å². The number of nitrogens with one attached hydrogen (secondary N) is 1. The highest BCUT2D eigenvalue weighted by molar-refractivity contribution is 8.15. The zero-order valence-corrected chi connectivity index (χ0v) is 13.4. The highest BCUT2D eigenvalue weighted by Gasteiger charge is 2.32. The molecule has 0 aliphatic carbocycles. The molecule has 7 heteroatoms. The summed E-state index contributed by atoms with van der Waals surface area (Å²) < 4.78 is 0. The van der Waals surface area contributed by atoms with Gasteiger partial charge in [0.1, 0.15) is 5.25 Å². The maximum Gasteiger partial charge on any atom is 0.305 e. The number of carbonyl (C=O) groups excluding carboxylic acids is 1. The summed E-state index contributed by atoms with van der Waals surface area (Å²) in [4.78, 5) is 22.2. The predicted octanol–water partition coefficient (Wildman–Crippen LogP) is 2.79. The quantitative estimate of drug-likeness (QED) is 0.506. The van der Waals surface area contributed by atoms with Crippen molar-refractivity contribution in [1.82, 2.24) is 5.32 Å². The van der Waals surface area contributed by atoms with Crippen molar-refractivity contribution in [3.05, 3.63) is 0 Å². The number of amides is 1. The molecule has 1 fully saturated rings. The minimum atomic E-state index is -0.987. The van der Waals surface area contributed by atoms with E-state index in [1.54, 1.807) is 0 Å². The van der Waals surface area contributed by atoms with Crippen LogP contribution in [0.2, 0.25) is 0 Å². The van der Waals surface area contributed by atoms with E-state index < -0.39 is 11.2 Å². The van der Waals surface area contributed by atoms with Gasteiger partial charge in [0.15, 0.2) is 5.17 Å². The van der Waals surface area contributed by atoms with Crippen molar-refractivity contribution < 1.29 is 14.7 Å². The molecule has 0 aromatic heterocycles. The minimum absolute atomic E-state index is 0.197. The number of aliphatic carboxylic acids is 1. The summed E-state index contributed by atoms with van der Waals surface area (Å²) in [6.07, 6.45) is 6.01. The third-order valence-corrected chi connectivity index (χ3v) is 4.13. The molecule has 21 heavy (non-hydrogen) atoms. The van der Waals surface area contributed by atoms with Gasteiger partial charge in [0.25, 0.3) is 0 Å². The summed E-state index contributed by atoms with van der Waals surface area (Å²) in [6, 6.07) is 0. The summed E-state index contributed by atoms with van der Waals surface area (Å²) in [6.45, 7) is 4.26. The first-order valence-electron chi connectivity index (χ1n) is 7.39. The van der Waals surface area contributed by atoms with Gasteiger partial charge in [-0.1, -0.05) is 38.5 Å². The van der Waals surface area contributed by atoms with Gasteiger partial charge in [-0.25, -0.2) is 0 Å². The van der Waals surface area contributed by atoms with E-state index in [0.29, 0.717) is 5.17 Å². The largest absolute Gasteiger partial charge is 0.481 e. The van der Waals surface area contributed by atoms with Crippen molar-refractivity contribution in [3.8, 4) is 0 Å². The van der Waals surface area contributed by atoms with Crippen molar-refractivity contribution in [3.63, 3.8) is 0 Å². The standard InChI is InChI=1S/C14H23N3O3S/c1-3-5-7-10(8-6-4-2)16-17-14-15-13(20)11(21-14)9-12(18)19/h11H,3-9H2,1-2H3,(H,18,19)(H,15,17,20). The fraction of sp³-hybridized carbons (Fsp3) is 0.714. The van der Waals surface area contributed by atoms with Crippen molar-refractivity contribution in [2.45, 2.75) is 64.0 Å².